The summed E-state index contributed by atoms with van der Waals surface area (Å²) in [5, 5.41) is 0. The van der Waals surface area contributed by atoms with E-state index in [1.807, 2.05) is 24.3 Å². The third-order valence-electron chi connectivity index (χ3n) is 9.50. The van der Waals surface area contributed by atoms with Gasteiger partial charge in [-0.05, 0) is 60.4 Å². The van der Waals surface area contributed by atoms with Crippen LogP contribution in [0.3, 0.4) is 0 Å². The lowest BCUT2D eigenvalue weighted by molar-refractivity contribution is -0.161. The molecular formula is C45H51NO5. The summed E-state index contributed by atoms with van der Waals surface area (Å²) in [6, 6.07) is 38.3. The van der Waals surface area contributed by atoms with E-state index in [4.69, 9.17) is 20.6 Å². The van der Waals surface area contributed by atoms with Gasteiger partial charge in [0.25, 0.3) is 11.8 Å². The molecular weight excluding hydrogens is 634 g/mol. The molecule has 2 amide bonds. The average Bonchev–Trinajstić information content (AvgIpc) is 3.42. The largest absolute Gasteiger partial charge is 0.374 e. The third-order valence-corrected chi connectivity index (χ3v) is 9.50. The molecule has 1 saturated heterocycles. The molecule has 0 N–H and O–H groups in total. The van der Waals surface area contributed by atoms with Crippen molar-refractivity contribution < 1.29 is 23.8 Å². The molecule has 0 bridgehead atoms. The Labute approximate surface area is 304 Å². The first-order valence-corrected chi connectivity index (χ1v) is 18.5. The van der Waals surface area contributed by atoms with E-state index in [0.29, 0.717) is 43.4 Å². The number of carbonyl (C=O) groups is 2. The number of hydrogen-bond acceptors (Lipinski definition) is 5. The second kappa shape index (κ2) is 21.0. The van der Waals surface area contributed by atoms with E-state index in [-0.39, 0.29) is 24.0 Å². The predicted octanol–water partition coefficient (Wildman–Crippen LogP) is 9.08. The molecule has 4 aromatic rings. The molecule has 2 heterocycles. The van der Waals surface area contributed by atoms with Gasteiger partial charge in [0.05, 0.1) is 37.1 Å². The lowest BCUT2D eigenvalue weighted by atomic mass is 9.86. The smallest absolute Gasteiger partial charge is 0.261 e. The van der Waals surface area contributed by atoms with E-state index in [1.165, 1.54) is 28.0 Å². The minimum absolute atomic E-state index is 0.00920. The number of fused-ring (bicyclic) bond motifs is 1. The summed E-state index contributed by atoms with van der Waals surface area (Å²) in [5.41, 5.74) is 4.79. The van der Waals surface area contributed by atoms with Crippen LogP contribution in [0, 0.1) is 18.3 Å². The highest BCUT2D eigenvalue weighted by atomic mass is 16.6. The number of carbonyl (C=O) groups excluding carboxylic acids is 2. The van der Waals surface area contributed by atoms with Gasteiger partial charge in [0.2, 0.25) is 0 Å². The normalized spacial score (nSPS) is 18.1. The summed E-state index contributed by atoms with van der Waals surface area (Å²) in [7, 11) is 0. The van der Waals surface area contributed by atoms with Crippen molar-refractivity contribution in [3.63, 3.8) is 0 Å². The van der Waals surface area contributed by atoms with Gasteiger partial charge in [-0.3, -0.25) is 14.5 Å². The zero-order chi connectivity index (χ0) is 35.5. The molecule has 1 fully saturated rings. The van der Waals surface area contributed by atoms with Gasteiger partial charge in [-0.15, -0.1) is 12.3 Å². The third kappa shape index (κ3) is 11.8. The van der Waals surface area contributed by atoms with Gasteiger partial charge < -0.3 is 14.2 Å². The maximum absolute atomic E-state index is 12.1. The van der Waals surface area contributed by atoms with Crippen LogP contribution < -0.4 is 0 Å². The van der Waals surface area contributed by atoms with Gasteiger partial charge in [0.15, 0.2) is 0 Å². The first kappa shape index (κ1) is 37.7. The number of rotatable bonds is 17. The zero-order valence-corrected chi connectivity index (χ0v) is 29.7. The summed E-state index contributed by atoms with van der Waals surface area (Å²) in [4.78, 5) is 25.6. The van der Waals surface area contributed by atoms with Gasteiger partial charge in [-0.25, -0.2) is 0 Å². The molecule has 6 heteroatoms. The molecule has 6 nitrogen and oxygen atoms in total. The Morgan fingerprint density at radius 2 is 1.20 bits per heavy atom. The monoisotopic (exact) mass is 685 g/mol. The molecule has 0 saturated carbocycles. The van der Waals surface area contributed by atoms with Crippen molar-refractivity contribution in [2.75, 3.05) is 19.8 Å². The Morgan fingerprint density at radius 3 is 1.80 bits per heavy atom. The van der Waals surface area contributed by atoms with Crippen molar-refractivity contribution in [1.29, 1.82) is 0 Å². The number of nitrogens with zero attached hydrogens (tertiary/aromatic N) is 1. The van der Waals surface area contributed by atoms with Crippen LogP contribution in [-0.2, 0) is 33.8 Å². The van der Waals surface area contributed by atoms with E-state index in [9.17, 15) is 9.59 Å². The van der Waals surface area contributed by atoms with Crippen LogP contribution in [0.25, 0.3) is 0 Å². The molecule has 3 atom stereocenters. The van der Waals surface area contributed by atoms with E-state index in [0.717, 1.165) is 58.0 Å². The lowest BCUT2D eigenvalue weighted by Gasteiger charge is -2.38. The highest BCUT2D eigenvalue weighted by Crippen LogP contribution is 2.29. The fraction of sp³-hybridized carbons (Fsp3) is 0.378. The predicted molar refractivity (Wildman–Crippen MR) is 202 cm³/mol. The van der Waals surface area contributed by atoms with Gasteiger partial charge in [-0.2, -0.15) is 0 Å². The maximum Gasteiger partial charge on any atom is 0.261 e. The molecule has 3 unspecified atom stereocenters. The van der Waals surface area contributed by atoms with Crippen molar-refractivity contribution >= 4 is 11.8 Å². The van der Waals surface area contributed by atoms with Crippen molar-refractivity contribution in [3.8, 4) is 12.3 Å². The van der Waals surface area contributed by atoms with E-state index in [1.54, 1.807) is 24.3 Å². The van der Waals surface area contributed by atoms with Crippen LogP contribution in [0.15, 0.2) is 115 Å². The summed E-state index contributed by atoms with van der Waals surface area (Å²) in [6.45, 7) is 3.00. The number of amides is 2. The van der Waals surface area contributed by atoms with Gasteiger partial charge >= 0.3 is 0 Å². The second-order valence-electron chi connectivity index (χ2n) is 13.3. The van der Waals surface area contributed by atoms with Crippen LogP contribution in [0.1, 0.15) is 88.8 Å². The minimum atomic E-state index is -0.148. The highest BCUT2D eigenvalue weighted by molar-refractivity contribution is 6.21. The standard InChI is InChI=1S/C27H30O3.C18H21NO2/c1-4-10-22(11-5-1)18-25-16-17-29-26(21-28-19-23-12-6-2-7-13-23)27(25)30-20-24-14-8-3-9-15-24;1-2-3-4-5-6-7-8-11-14-19-17(20)15-12-9-10-13-16(15)18(19)21/h1-15,25-27H,16-21H2;1,9-10,12-13H,3-8,11,14H2. The number of benzene rings is 4. The summed E-state index contributed by atoms with van der Waals surface area (Å²) in [6.07, 6.45) is 14.5. The summed E-state index contributed by atoms with van der Waals surface area (Å²) < 4.78 is 18.6. The van der Waals surface area contributed by atoms with Crippen molar-refractivity contribution in [2.24, 2.45) is 5.92 Å². The quantitative estimate of drug-likeness (QED) is 0.0631. The molecule has 0 spiro atoms. The number of ether oxygens (including phenoxy) is 3. The highest BCUT2D eigenvalue weighted by Gasteiger charge is 2.36. The Bertz CT molecular complexity index is 1620. The molecule has 0 radical (unpaired) electrons. The lowest BCUT2D eigenvalue weighted by Crippen LogP contribution is -2.46. The fourth-order valence-electron chi connectivity index (χ4n) is 6.74. The number of terminal acetylenes is 1. The summed E-state index contributed by atoms with van der Waals surface area (Å²) >= 11 is 0. The molecule has 4 aromatic carbocycles. The molecule has 2 aliphatic rings. The Balaban J connectivity index is 0.000000211. The number of hydrogen-bond donors (Lipinski definition) is 0. The molecule has 266 valence electrons. The molecule has 0 aliphatic carbocycles. The Morgan fingerprint density at radius 1 is 0.667 bits per heavy atom. The van der Waals surface area contributed by atoms with Crippen LogP contribution in [-0.4, -0.2) is 48.7 Å². The van der Waals surface area contributed by atoms with Crippen molar-refractivity contribution in [1.82, 2.24) is 4.90 Å². The van der Waals surface area contributed by atoms with Crippen LogP contribution in [0.4, 0.5) is 0 Å². The van der Waals surface area contributed by atoms with E-state index >= 15 is 0 Å². The molecule has 6 rings (SSSR count). The van der Waals surface area contributed by atoms with Gasteiger partial charge in [-0.1, -0.05) is 129 Å². The molecule has 51 heavy (non-hydrogen) atoms. The fourth-order valence-corrected chi connectivity index (χ4v) is 6.74. The van der Waals surface area contributed by atoms with Crippen LogP contribution >= 0.6 is 0 Å². The first-order valence-electron chi connectivity index (χ1n) is 18.5. The number of imide groups is 1. The minimum Gasteiger partial charge on any atom is -0.374 e. The molecule has 2 aliphatic heterocycles. The number of unbranched alkanes of at least 4 members (excludes halogenated alkanes) is 6. The average molecular weight is 686 g/mol. The SMILES string of the molecule is C#CCCCCCCCCN1C(=O)c2ccccc2C1=O.c1ccc(COCC2OCCC(Cc3ccccc3)C2OCc2ccccc2)cc1. The van der Waals surface area contributed by atoms with E-state index < -0.39 is 0 Å². The van der Waals surface area contributed by atoms with Crippen molar-refractivity contribution in [3.05, 3.63) is 143 Å². The summed E-state index contributed by atoms with van der Waals surface area (Å²) in [5.74, 6) is 2.76. The molecule has 0 aromatic heterocycles. The topological polar surface area (TPSA) is 65.1 Å². The Kier molecular flexibility index (Phi) is 15.5. The van der Waals surface area contributed by atoms with Crippen LogP contribution in [0.5, 0.6) is 0 Å². The van der Waals surface area contributed by atoms with Gasteiger partial charge in [0.1, 0.15) is 6.10 Å². The zero-order valence-electron chi connectivity index (χ0n) is 29.7. The maximum atomic E-state index is 12.1. The van der Waals surface area contributed by atoms with E-state index in [2.05, 4.69) is 72.7 Å². The second-order valence-corrected chi connectivity index (χ2v) is 13.3. The Hall–Kier alpha value is -4.54. The van der Waals surface area contributed by atoms with Gasteiger partial charge in [0, 0.05) is 19.6 Å². The first-order chi connectivity index (χ1) is 25.1. The van der Waals surface area contributed by atoms with Crippen molar-refractivity contribution in [2.45, 2.75) is 83.2 Å². The van der Waals surface area contributed by atoms with Crippen LogP contribution in [0.2, 0.25) is 0 Å².